The van der Waals surface area contributed by atoms with Gasteiger partial charge in [0.05, 0.1) is 11.9 Å². The van der Waals surface area contributed by atoms with E-state index in [9.17, 15) is 8.42 Å². The summed E-state index contributed by atoms with van der Waals surface area (Å²) in [5.41, 5.74) is 2.73. The lowest BCUT2D eigenvalue weighted by Gasteiger charge is -2.07. The second kappa shape index (κ2) is 6.17. The van der Waals surface area contributed by atoms with E-state index in [-0.39, 0.29) is 17.2 Å². The minimum absolute atomic E-state index is 0.0871. The summed E-state index contributed by atoms with van der Waals surface area (Å²) in [6, 6.07) is 3.59. The number of aryl methyl sites for hydroxylation is 3. The fourth-order valence-electron chi connectivity index (χ4n) is 2.40. The Morgan fingerprint density at radius 3 is 2.75 bits per heavy atom. The van der Waals surface area contributed by atoms with Gasteiger partial charge in [0.25, 0.3) is 0 Å². The number of rotatable bonds is 5. The van der Waals surface area contributed by atoms with Crippen molar-refractivity contribution < 1.29 is 12.9 Å². The molecule has 126 valence electrons. The molecule has 0 aliphatic carbocycles. The number of sulfonamides is 1. The van der Waals surface area contributed by atoms with Crippen molar-refractivity contribution in [2.45, 2.75) is 25.3 Å². The molecule has 3 aromatic rings. The van der Waals surface area contributed by atoms with Gasteiger partial charge in [-0.25, -0.2) is 13.1 Å². The summed E-state index contributed by atoms with van der Waals surface area (Å²) in [6.07, 6.45) is 5.20. The predicted octanol–water partition coefficient (Wildman–Crippen LogP) is 1.57. The Balaban J connectivity index is 1.80. The van der Waals surface area contributed by atoms with Crippen LogP contribution in [0.15, 0.2) is 40.1 Å². The van der Waals surface area contributed by atoms with Gasteiger partial charge in [0, 0.05) is 31.5 Å². The standard InChI is InChI=1S/C15H17N5O3S/c1-10-15(11(2)23-19-10)24(21,22)18-7-12-4-5-16-14(6-12)13-8-17-20(3)9-13/h4-6,8-9,18H,7H2,1-3H3. The lowest BCUT2D eigenvalue weighted by molar-refractivity contribution is 0.390. The molecule has 0 amide bonds. The van der Waals surface area contributed by atoms with Crippen molar-refractivity contribution in [1.29, 1.82) is 0 Å². The van der Waals surface area contributed by atoms with Crippen LogP contribution in [0.2, 0.25) is 0 Å². The van der Waals surface area contributed by atoms with Crippen molar-refractivity contribution in [3.63, 3.8) is 0 Å². The number of nitrogens with one attached hydrogen (secondary N) is 1. The van der Waals surface area contributed by atoms with Crippen LogP contribution in [0.1, 0.15) is 17.0 Å². The van der Waals surface area contributed by atoms with Crippen LogP contribution in [-0.2, 0) is 23.6 Å². The number of hydrogen-bond donors (Lipinski definition) is 1. The lowest BCUT2D eigenvalue weighted by atomic mass is 10.2. The third kappa shape index (κ3) is 3.22. The van der Waals surface area contributed by atoms with Crippen molar-refractivity contribution in [1.82, 2.24) is 24.6 Å². The van der Waals surface area contributed by atoms with Gasteiger partial charge in [-0.15, -0.1) is 0 Å². The summed E-state index contributed by atoms with van der Waals surface area (Å²) in [5, 5.41) is 7.79. The average Bonchev–Trinajstić information content (AvgIpc) is 3.12. The maximum atomic E-state index is 12.4. The van der Waals surface area contributed by atoms with Crippen molar-refractivity contribution in [2.24, 2.45) is 7.05 Å². The molecule has 3 rings (SSSR count). The topological polar surface area (TPSA) is 103 Å². The molecule has 0 atom stereocenters. The fourth-order valence-corrected chi connectivity index (χ4v) is 3.75. The first-order chi connectivity index (χ1) is 11.4. The summed E-state index contributed by atoms with van der Waals surface area (Å²) in [7, 11) is -1.87. The van der Waals surface area contributed by atoms with Gasteiger partial charge in [0.2, 0.25) is 10.0 Å². The van der Waals surface area contributed by atoms with Crippen LogP contribution in [0.3, 0.4) is 0 Å². The molecule has 0 fully saturated rings. The number of pyridine rings is 1. The van der Waals surface area contributed by atoms with E-state index in [1.807, 2.05) is 19.3 Å². The summed E-state index contributed by atoms with van der Waals surface area (Å²) >= 11 is 0. The van der Waals surface area contributed by atoms with E-state index in [0.717, 1.165) is 16.8 Å². The molecule has 9 heteroatoms. The lowest BCUT2D eigenvalue weighted by Crippen LogP contribution is -2.24. The molecule has 0 unspecified atom stereocenters. The summed E-state index contributed by atoms with van der Waals surface area (Å²) < 4.78 is 34.0. The molecule has 24 heavy (non-hydrogen) atoms. The van der Waals surface area contributed by atoms with Gasteiger partial charge in [-0.05, 0) is 31.5 Å². The zero-order valence-electron chi connectivity index (χ0n) is 13.5. The van der Waals surface area contributed by atoms with Gasteiger partial charge in [0.1, 0.15) is 10.6 Å². The summed E-state index contributed by atoms with van der Waals surface area (Å²) in [6.45, 7) is 3.31. The molecule has 0 saturated heterocycles. The Kier molecular flexibility index (Phi) is 4.20. The Morgan fingerprint density at radius 2 is 2.12 bits per heavy atom. The van der Waals surface area contributed by atoms with Crippen molar-refractivity contribution >= 4 is 10.0 Å². The molecule has 0 saturated carbocycles. The zero-order chi connectivity index (χ0) is 17.3. The Morgan fingerprint density at radius 1 is 1.33 bits per heavy atom. The molecule has 3 heterocycles. The highest BCUT2D eigenvalue weighted by atomic mass is 32.2. The van der Waals surface area contributed by atoms with Crippen LogP contribution in [0.5, 0.6) is 0 Å². The van der Waals surface area contributed by atoms with E-state index in [1.54, 1.807) is 37.0 Å². The molecular weight excluding hydrogens is 330 g/mol. The quantitative estimate of drug-likeness (QED) is 0.751. The van der Waals surface area contributed by atoms with Gasteiger partial charge in [-0.3, -0.25) is 9.67 Å². The van der Waals surface area contributed by atoms with E-state index in [2.05, 4.69) is 20.0 Å². The SMILES string of the molecule is Cc1noc(C)c1S(=O)(=O)NCc1ccnc(-c2cnn(C)c2)c1. The minimum Gasteiger partial charge on any atom is -0.360 e. The normalized spacial score (nSPS) is 11.8. The first-order valence-electron chi connectivity index (χ1n) is 7.23. The fraction of sp³-hybridized carbons (Fsp3) is 0.267. The maximum absolute atomic E-state index is 12.4. The first-order valence-corrected chi connectivity index (χ1v) is 8.71. The van der Waals surface area contributed by atoms with Gasteiger partial charge < -0.3 is 4.52 Å². The minimum atomic E-state index is -3.69. The Labute approximate surface area is 139 Å². The number of aromatic nitrogens is 4. The van der Waals surface area contributed by atoms with Gasteiger partial charge in [-0.1, -0.05) is 5.16 Å². The van der Waals surface area contributed by atoms with Crippen LogP contribution < -0.4 is 4.72 Å². The van der Waals surface area contributed by atoms with Crippen LogP contribution in [0.25, 0.3) is 11.3 Å². The van der Waals surface area contributed by atoms with Crippen LogP contribution >= 0.6 is 0 Å². The smallest absolute Gasteiger partial charge is 0.246 e. The average molecular weight is 347 g/mol. The van der Waals surface area contributed by atoms with E-state index < -0.39 is 10.0 Å². The van der Waals surface area contributed by atoms with E-state index in [0.29, 0.717) is 5.69 Å². The molecule has 8 nitrogen and oxygen atoms in total. The number of hydrogen-bond acceptors (Lipinski definition) is 6. The third-order valence-corrected chi connectivity index (χ3v) is 5.17. The zero-order valence-corrected chi connectivity index (χ0v) is 14.3. The van der Waals surface area contributed by atoms with Crippen LogP contribution in [-0.4, -0.2) is 28.3 Å². The van der Waals surface area contributed by atoms with E-state index in [4.69, 9.17) is 4.52 Å². The van der Waals surface area contributed by atoms with Crippen molar-refractivity contribution in [2.75, 3.05) is 0 Å². The molecule has 0 aliphatic heterocycles. The molecule has 3 aromatic heterocycles. The highest BCUT2D eigenvalue weighted by molar-refractivity contribution is 7.89. The Bertz CT molecular complexity index is 955. The predicted molar refractivity (Wildman–Crippen MR) is 86.4 cm³/mol. The molecule has 0 radical (unpaired) electrons. The maximum Gasteiger partial charge on any atom is 0.246 e. The van der Waals surface area contributed by atoms with E-state index >= 15 is 0 Å². The van der Waals surface area contributed by atoms with Crippen LogP contribution in [0, 0.1) is 13.8 Å². The van der Waals surface area contributed by atoms with Gasteiger partial charge >= 0.3 is 0 Å². The molecule has 0 aromatic carbocycles. The highest BCUT2D eigenvalue weighted by Crippen LogP contribution is 2.20. The van der Waals surface area contributed by atoms with Crippen molar-refractivity contribution in [3.8, 4) is 11.3 Å². The van der Waals surface area contributed by atoms with E-state index in [1.165, 1.54) is 0 Å². The summed E-state index contributed by atoms with van der Waals surface area (Å²) in [4.78, 5) is 4.38. The summed E-state index contributed by atoms with van der Waals surface area (Å²) in [5.74, 6) is 0.269. The molecule has 0 bridgehead atoms. The van der Waals surface area contributed by atoms with Gasteiger partial charge in [-0.2, -0.15) is 5.10 Å². The highest BCUT2D eigenvalue weighted by Gasteiger charge is 2.23. The second-order valence-electron chi connectivity index (χ2n) is 5.43. The monoisotopic (exact) mass is 347 g/mol. The third-order valence-electron chi connectivity index (χ3n) is 3.53. The van der Waals surface area contributed by atoms with Gasteiger partial charge in [0.15, 0.2) is 5.76 Å². The van der Waals surface area contributed by atoms with Crippen molar-refractivity contribution in [3.05, 3.63) is 47.7 Å². The Hall–Kier alpha value is -2.52. The molecule has 0 spiro atoms. The molecule has 0 aliphatic rings. The van der Waals surface area contributed by atoms with Crippen LogP contribution in [0.4, 0.5) is 0 Å². The number of nitrogens with zero attached hydrogens (tertiary/aromatic N) is 4. The largest absolute Gasteiger partial charge is 0.360 e. The second-order valence-corrected chi connectivity index (χ2v) is 7.13. The first kappa shape index (κ1) is 16.3. The molecule has 1 N–H and O–H groups in total. The molecular formula is C15H17N5O3S.